The van der Waals surface area contributed by atoms with Crippen LogP contribution >= 0.6 is 0 Å². The van der Waals surface area contributed by atoms with Gasteiger partial charge in [0, 0.05) is 30.9 Å². The predicted octanol–water partition coefficient (Wildman–Crippen LogP) is 2.02. The van der Waals surface area contributed by atoms with Gasteiger partial charge in [0.25, 0.3) is 0 Å². The quantitative estimate of drug-likeness (QED) is 0.843. The number of hydrogen-bond donors (Lipinski definition) is 1. The zero-order chi connectivity index (χ0) is 11.5. The topological polar surface area (TPSA) is 28.2 Å². The van der Waals surface area contributed by atoms with Crippen molar-refractivity contribution in [3.05, 3.63) is 22.9 Å². The minimum atomic E-state index is 0.908. The maximum absolute atomic E-state index is 4.72. The standard InChI is InChI=1S/C13H21N3/c1-10-8-11(2)15-13(12(10)9-14-3)16-6-4-5-7-16/h8,14H,4-7,9H2,1-3H3. The minimum absolute atomic E-state index is 0.908. The maximum atomic E-state index is 4.72. The number of pyridine rings is 1. The number of hydrogen-bond acceptors (Lipinski definition) is 3. The van der Waals surface area contributed by atoms with Crippen molar-refractivity contribution in [2.45, 2.75) is 33.2 Å². The Morgan fingerprint density at radius 2 is 2.00 bits per heavy atom. The van der Waals surface area contributed by atoms with E-state index in [0.717, 1.165) is 25.3 Å². The molecule has 0 bridgehead atoms. The highest BCUT2D eigenvalue weighted by molar-refractivity contribution is 5.52. The average Bonchev–Trinajstić information content (AvgIpc) is 2.75. The van der Waals surface area contributed by atoms with E-state index in [4.69, 9.17) is 4.98 Å². The van der Waals surface area contributed by atoms with Gasteiger partial charge in [-0.1, -0.05) is 0 Å². The Kier molecular flexibility index (Phi) is 3.44. The summed E-state index contributed by atoms with van der Waals surface area (Å²) in [7, 11) is 1.99. The van der Waals surface area contributed by atoms with E-state index in [1.165, 1.54) is 29.8 Å². The van der Waals surface area contributed by atoms with Crippen molar-refractivity contribution < 1.29 is 0 Å². The van der Waals surface area contributed by atoms with E-state index in [0.29, 0.717) is 0 Å². The van der Waals surface area contributed by atoms with Crippen molar-refractivity contribution in [1.29, 1.82) is 0 Å². The van der Waals surface area contributed by atoms with Gasteiger partial charge in [0.05, 0.1) is 0 Å². The second-order valence-corrected chi connectivity index (χ2v) is 4.61. The highest BCUT2D eigenvalue weighted by Gasteiger charge is 2.18. The molecular weight excluding hydrogens is 198 g/mol. The molecule has 88 valence electrons. The Labute approximate surface area is 97.9 Å². The van der Waals surface area contributed by atoms with Crippen LogP contribution in [0.2, 0.25) is 0 Å². The summed E-state index contributed by atoms with van der Waals surface area (Å²) in [6.07, 6.45) is 2.60. The van der Waals surface area contributed by atoms with E-state index in [1.54, 1.807) is 0 Å². The van der Waals surface area contributed by atoms with Crippen molar-refractivity contribution in [2.75, 3.05) is 25.0 Å². The smallest absolute Gasteiger partial charge is 0.133 e. The van der Waals surface area contributed by atoms with E-state index >= 15 is 0 Å². The SMILES string of the molecule is CNCc1c(C)cc(C)nc1N1CCCC1. The fraction of sp³-hybridized carbons (Fsp3) is 0.615. The molecular formula is C13H21N3. The number of anilines is 1. The summed E-state index contributed by atoms with van der Waals surface area (Å²) in [5.74, 6) is 1.20. The van der Waals surface area contributed by atoms with Crippen LogP contribution in [0.15, 0.2) is 6.07 Å². The van der Waals surface area contributed by atoms with E-state index in [-0.39, 0.29) is 0 Å². The maximum Gasteiger partial charge on any atom is 0.133 e. The first kappa shape index (κ1) is 11.4. The first-order valence-corrected chi connectivity index (χ1v) is 6.09. The van der Waals surface area contributed by atoms with Crippen LogP contribution in [0.3, 0.4) is 0 Å². The number of aryl methyl sites for hydroxylation is 2. The zero-order valence-electron chi connectivity index (χ0n) is 10.5. The van der Waals surface area contributed by atoms with Crippen LogP contribution in [0.4, 0.5) is 5.82 Å². The van der Waals surface area contributed by atoms with Gasteiger partial charge in [0.15, 0.2) is 0 Å². The molecule has 1 saturated heterocycles. The number of rotatable bonds is 3. The number of nitrogens with one attached hydrogen (secondary N) is 1. The largest absolute Gasteiger partial charge is 0.356 e. The van der Waals surface area contributed by atoms with E-state index in [9.17, 15) is 0 Å². The number of aromatic nitrogens is 1. The lowest BCUT2D eigenvalue weighted by atomic mass is 10.1. The van der Waals surface area contributed by atoms with Gasteiger partial charge in [0.2, 0.25) is 0 Å². The molecule has 0 atom stereocenters. The molecule has 3 nitrogen and oxygen atoms in total. The molecule has 2 heterocycles. The van der Waals surface area contributed by atoms with Gasteiger partial charge in [-0.25, -0.2) is 4.98 Å². The average molecular weight is 219 g/mol. The van der Waals surface area contributed by atoms with E-state index in [2.05, 4.69) is 30.1 Å². The molecule has 2 rings (SSSR count). The Balaban J connectivity index is 2.39. The summed E-state index contributed by atoms with van der Waals surface area (Å²) in [4.78, 5) is 7.14. The van der Waals surface area contributed by atoms with Crippen molar-refractivity contribution in [3.8, 4) is 0 Å². The molecule has 1 aliphatic heterocycles. The normalized spacial score (nSPS) is 15.8. The summed E-state index contributed by atoms with van der Waals surface area (Å²) >= 11 is 0. The molecule has 0 spiro atoms. The number of nitrogens with zero attached hydrogens (tertiary/aromatic N) is 2. The third-order valence-corrected chi connectivity index (χ3v) is 3.21. The van der Waals surface area contributed by atoms with Crippen molar-refractivity contribution in [1.82, 2.24) is 10.3 Å². The Bertz CT molecular complexity index is 368. The summed E-state index contributed by atoms with van der Waals surface area (Å²) < 4.78 is 0. The molecule has 0 aromatic carbocycles. The molecule has 0 amide bonds. The van der Waals surface area contributed by atoms with Crippen molar-refractivity contribution >= 4 is 5.82 Å². The van der Waals surface area contributed by atoms with Crippen LogP contribution in [0.5, 0.6) is 0 Å². The van der Waals surface area contributed by atoms with Gasteiger partial charge < -0.3 is 10.2 Å². The Hall–Kier alpha value is -1.09. The van der Waals surface area contributed by atoms with Gasteiger partial charge in [-0.3, -0.25) is 0 Å². The van der Waals surface area contributed by atoms with Crippen LogP contribution in [-0.2, 0) is 6.54 Å². The van der Waals surface area contributed by atoms with Crippen LogP contribution in [0, 0.1) is 13.8 Å². The van der Waals surface area contributed by atoms with Crippen LogP contribution in [0.25, 0.3) is 0 Å². The molecule has 0 aliphatic carbocycles. The second kappa shape index (κ2) is 4.83. The lowest BCUT2D eigenvalue weighted by molar-refractivity contribution is 0.791. The molecule has 1 aromatic rings. The van der Waals surface area contributed by atoms with Crippen molar-refractivity contribution in [2.24, 2.45) is 0 Å². The van der Waals surface area contributed by atoms with Crippen LogP contribution in [-0.4, -0.2) is 25.1 Å². The molecule has 3 heteroatoms. The van der Waals surface area contributed by atoms with Gasteiger partial charge >= 0.3 is 0 Å². The highest BCUT2D eigenvalue weighted by Crippen LogP contribution is 2.25. The molecule has 1 fully saturated rings. The Morgan fingerprint density at radius 3 is 2.62 bits per heavy atom. The predicted molar refractivity (Wildman–Crippen MR) is 67.9 cm³/mol. The summed E-state index contributed by atoms with van der Waals surface area (Å²) in [6, 6.07) is 2.17. The lowest BCUT2D eigenvalue weighted by Gasteiger charge is -2.22. The third-order valence-electron chi connectivity index (χ3n) is 3.21. The van der Waals surface area contributed by atoms with Crippen LogP contribution < -0.4 is 10.2 Å². The first-order valence-electron chi connectivity index (χ1n) is 6.09. The summed E-state index contributed by atoms with van der Waals surface area (Å²) in [5.41, 5.74) is 3.83. The first-order chi connectivity index (χ1) is 7.72. The molecule has 16 heavy (non-hydrogen) atoms. The highest BCUT2D eigenvalue weighted by atomic mass is 15.2. The van der Waals surface area contributed by atoms with Gasteiger partial charge in [0.1, 0.15) is 5.82 Å². The third kappa shape index (κ3) is 2.19. The van der Waals surface area contributed by atoms with Crippen LogP contribution in [0.1, 0.15) is 29.7 Å². The fourth-order valence-electron chi connectivity index (χ4n) is 2.43. The zero-order valence-corrected chi connectivity index (χ0v) is 10.5. The molecule has 0 radical (unpaired) electrons. The van der Waals surface area contributed by atoms with E-state index in [1.807, 2.05) is 7.05 Å². The molecule has 1 aliphatic rings. The molecule has 0 unspecified atom stereocenters. The monoisotopic (exact) mass is 219 g/mol. The molecule has 1 N–H and O–H groups in total. The molecule has 1 aromatic heterocycles. The lowest BCUT2D eigenvalue weighted by Crippen LogP contribution is -2.23. The Morgan fingerprint density at radius 1 is 1.31 bits per heavy atom. The molecule has 0 saturated carbocycles. The van der Waals surface area contributed by atoms with Crippen molar-refractivity contribution in [3.63, 3.8) is 0 Å². The fourth-order valence-corrected chi connectivity index (χ4v) is 2.43. The van der Waals surface area contributed by atoms with Gasteiger partial charge in [-0.15, -0.1) is 0 Å². The van der Waals surface area contributed by atoms with Gasteiger partial charge in [-0.05, 0) is 45.4 Å². The second-order valence-electron chi connectivity index (χ2n) is 4.61. The van der Waals surface area contributed by atoms with Gasteiger partial charge in [-0.2, -0.15) is 0 Å². The minimum Gasteiger partial charge on any atom is -0.356 e. The summed E-state index contributed by atoms with van der Waals surface area (Å²) in [5, 5.41) is 3.24. The van der Waals surface area contributed by atoms with E-state index < -0.39 is 0 Å². The summed E-state index contributed by atoms with van der Waals surface area (Å²) in [6.45, 7) is 7.49.